The molecular weight excluding hydrogens is 270 g/mol. The first-order valence-electron chi connectivity index (χ1n) is 7.57. The molecule has 1 aromatic rings. The molecule has 5 nitrogen and oxygen atoms in total. The molecule has 0 fully saturated rings. The summed E-state index contributed by atoms with van der Waals surface area (Å²) < 4.78 is 16.6. The number of benzene rings is 1. The van der Waals surface area contributed by atoms with Crippen LogP contribution in [0.25, 0.3) is 0 Å². The monoisotopic (exact) mass is 298 g/mol. The number of hydrogen-bond donors (Lipinski definition) is 2. The average molecular weight is 298 g/mol. The summed E-state index contributed by atoms with van der Waals surface area (Å²) in [7, 11) is 1.55. The molecule has 0 aliphatic heterocycles. The second-order valence-corrected chi connectivity index (χ2v) is 5.02. The van der Waals surface area contributed by atoms with Crippen LogP contribution < -0.4 is 10.1 Å². The lowest BCUT2D eigenvalue weighted by atomic mass is 10.1. The van der Waals surface area contributed by atoms with E-state index in [-0.39, 0.29) is 18.2 Å². The van der Waals surface area contributed by atoms with Crippen LogP contribution in [0.1, 0.15) is 45.2 Å². The molecule has 1 aromatic carbocycles. The number of hydrogen-bond acceptors (Lipinski definition) is 4. The van der Waals surface area contributed by atoms with Crippen LogP contribution in [0.5, 0.6) is 11.5 Å². The van der Waals surface area contributed by atoms with Crippen molar-refractivity contribution in [2.75, 3.05) is 20.3 Å². The lowest BCUT2D eigenvalue weighted by Crippen LogP contribution is -2.91. The van der Waals surface area contributed by atoms with Crippen molar-refractivity contribution in [3.05, 3.63) is 23.8 Å². The maximum absolute atomic E-state index is 9.65. The summed E-state index contributed by atoms with van der Waals surface area (Å²) in [5.41, 5.74) is 1.05. The Morgan fingerprint density at radius 3 is 2.29 bits per heavy atom. The lowest BCUT2D eigenvalue weighted by molar-refractivity contribution is -0.796. The number of quaternary nitrogens is 1. The van der Waals surface area contributed by atoms with E-state index in [0.29, 0.717) is 19.0 Å². The molecule has 0 aromatic heterocycles. The van der Waals surface area contributed by atoms with Gasteiger partial charge < -0.3 is 19.3 Å². The number of methoxy groups -OCH3 is 1. The van der Waals surface area contributed by atoms with Crippen molar-refractivity contribution < 1.29 is 24.6 Å². The van der Waals surface area contributed by atoms with Crippen molar-refractivity contribution in [1.29, 1.82) is 0 Å². The average Bonchev–Trinajstić information content (AvgIpc) is 2.50. The molecule has 0 saturated carbocycles. The summed E-state index contributed by atoms with van der Waals surface area (Å²) in [5, 5.41) is 11.7. The third kappa shape index (κ3) is 5.91. The number of phenolic OH excluding ortho intramolecular Hbond substituents is 1. The Morgan fingerprint density at radius 1 is 1.14 bits per heavy atom. The predicted molar refractivity (Wildman–Crippen MR) is 81.3 cm³/mol. The Morgan fingerprint density at radius 2 is 1.76 bits per heavy atom. The standard InChI is InChI=1S/C16H27NO4/c1-5-9-20-16(21-10-6-2)17-12(3)13-7-8-14(18)15(11-13)19-4/h7-8,11-12,16-18H,5-6,9-10H2,1-4H3/p+1/t12-/m1/s1. The van der Waals surface area contributed by atoms with Gasteiger partial charge in [0.1, 0.15) is 6.04 Å². The molecule has 0 heterocycles. The molecule has 120 valence electrons. The van der Waals surface area contributed by atoms with Gasteiger partial charge in [0.25, 0.3) is 0 Å². The summed E-state index contributed by atoms with van der Waals surface area (Å²) in [6.07, 6.45) is 1.61. The van der Waals surface area contributed by atoms with Gasteiger partial charge in [0.2, 0.25) is 0 Å². The van der Waals surface area contributed by atoms with E-state index in [4.69, 9.17) is 14.2 Å². The van der Waals surface area contributed by atoms with Crippen molar-refractivity contribution in [2.24, 2.45) is 0 Å². The summed E-state index contributed by atoms with van der Waals surface area (Å²) in [4.78, 5) is 0. The fourth-order valence-corrected chi connectivity index (χ4v) is 1.95. The van der Waals surface area contributed by atoms with Gasteiger partial charge in [-0.2, -0.15) is 0 Å². The minimum atomic E-state index is -0.306. The van der Waals surface area contributed by atoms with Gasteiger partial charge in [-0.25, -0.2) is 0 Å². The van der Waals surface area contributed by atoms with E-state index in [2.05, 4.69) is 20.8 Å². The van der Waals surface area contributed by atoms with Crippen molar-refractivity contribution in [3.63, 3.8) is 0 Å². The van der Waals surface area contributed by atoms with E-state index in [1.807, 2.05) is 17.4 Å². The summed E-state index contributed by atoms with van der Waals surface area (Å²) in [5.74, 6) is 0.628. The second kappa shape index (κ2) is 9.60. The fourth-order valence-electron chi connectivity index (χ4n) is 1.95. The Labute approximate surface area is 127 Å². The van der Waals surface area contributed by atoms with Gasteiger partial charge in [0, 0.05) is 5.56 Å². The van der Waals surface area contributed by atoms with E-state index >= 15 is 0 Å². The highest BCUT2D eigenvalue weighted by Gasteiger charge is 2.19. The zero-order valence-electron chi connectivity index (χ0n) is 13.5. The molecule has 3 N–H and O–H groups in total. The lowest BCUT2D eigenvalue weighted by Gasteiger charge is -2.20. The number of nitrogens with two attached hydrogens (primary N) is 1. The van der Waals surface area contributed by atoms with Crippen molar-refractivity contribution >= 4 is 0 Å². The Balaban J connectivity index is 2.68. The Kier molecular flexibility index (Phi) is 8.12. The molecule has 0 unspecified atom stereocenters. The third-order valence-corrected chi connectivity index (χ3v) is 3.15. The Hall–Kier alpha value is -1.30. The van der Waals surface area contributed by atoms with Crippen LogP contribution in [0.15, 0.2) is 18.2 Å². The van der Waals surface area contributed by atoms with Crippen molar-refractivity contribution in [3.8, 4) is 11.5 Å². The van der Waals surface area contributed by atoms with Crippen LogP contribution in [0.4, 0.5) is 0 Å². The maximum Gasteiger partial charge on any atom is 0.306 e. The molecule has 21 heavy (non-hydrogen) atoms. The fraction of sp³-hybridized carbons (Fsp3) is 0.625. The number of aromatic hydroxyl groups is 1. The van der Waals surface area contributed by atoms with Crippen LogP contribution in [0.2, 0.25) is 0 Å². The minimum absolute atomic E-state index is 0.137. The van der Waals surface area contributed by atoms with E-state index in [9.17, 15) is 5.11 Å². The minimum Gasteiger partial charge on any atom is -0.504 e. The number of rotatable bonds is 10. The van der Waals surface area contributed by atoms with Gasteiger partial charge in [-0.05, 0) is 38.0 Å². The maximum atomic E-state index is 9.65. The van der Waals surface area contributed by atoms with Gasteiger partial charge in [-0.15, -0.1) is 0 Å². The molecule has 0 bridgehead atoms. The molecule has 1 rings (SSSR count). The van der Waals surface area contributed by atoms with E-state index in [1.165, 1.54) is 0 Å². The van der Waals surface area contributed by atoms with Crippen molar-refractivity contribution in [2.45, 2.75) is 46.1 Å². The highest BCUT2D eigenvalue weighted by Crippen LogP contribution is 2.27. The zero-order valence-corrected chi connectivity index (χ0v) is 13.5. The second-order valence-electron chi connectivity index (χ2n) is 5.02. The van der Waals surface area contributed by atoms with Gasteiger partial charge in [0.15, 0.2) is 11.5 Å². The normalized spacial score (nSPS) is 12.6. The van der Waals surface area contributed by atoms with Crippen LogP contribution in [0, 0.1) is 0 Å². The first-order valence-corrected chi connectivity index (χ1v) is 7.57. The van der Waals surface area contributed by atoms with Gasteiger partial charge >= 0.3 is 6.41 Å². The topological polar surface area (TPSA) is 64.5 Å². The number of ether oxygens (including phenoxy) is 3. The Bertz CT molecular complexity index is 403. The highest BCUT2D eigenvalue weighted by atomic mass is 16.7. The van der Waals surface area contributed by atoms with Crippen LogP contribution in [-0.4, -0.2) is 31.8 Å². The molecule has 5 heteroatoms. The quantitative estimate of drug-likeness (QED) is 0.650. The summed E-state index contributed by atoms with van der Waals surface area (Å²) in [6, 6.07) is 5.51. The summed E-state index contributed by atoms with van der Waals surface area (Å²) >= 11 is 0. The largest absolute Gasteiger partial charge is 0.504 e. The molecular formula is C16H28NO4+. The molecule has 0 aliphatic rings. The molecule has 0 aliphatic carbocycles. The van der Waals surface area contributed by atoms with E-state index in [1.54, 1.807) is 13.2 Å². The van der Waals surface area contributed by atoms with Gasteiger partial charge in [-0.3, -0.25) is 5.32 Å². The van der Waals surface area contributed by atoms with Crippen molar-refractivity contribution in [1.82, 2.24) is 0 Å². The smallest absolute Gasteiger partial charge is 0.306 e. The summed E-state index contributed by atoms with van der Waals surface area (Å²) in [6.45, 7) is 7.58. The van der Waals surface area contributed by atoms with Crippen LogP contribution >= 0.6 is 0 Å². The molecule has 0 spiro atoms. The first kappa shape index (κ1) is 17.8. The van der Waals surface area contributed by atoms with Crippen LogP contribution in [-0.2, 0) is 9.47 Å². The molecule has 0 saturated heterocycles. The third-order valence-electron chi connectivity index (χ3n) is 3.15. The zero-order chi connectivity index (χ0) is 15.7. The van der Waals surface area contributed by atoms with E-state index < -0.39 is 0 Å². The molecule has 0 radical (unpaired) electrons. The first-order chi connectivity index (χ1) is 10.1. The van der Waals surface area contributed by atoms with E-state index in [0.717, 1.165) is 18.4 Å². The number of phenols is 1. The van der Waals surface area contributed by atoms with Gasteiger partial charge in [0.05, 0.1) is 20.3 Å². The van der Waals surface area contributed by atoms with Gasteiger partial charge in [-0.1, -0.05) is 13.8 Å². The molecule has 1 atom stereocenters. The predicted octanol–water partition coefficient (Wildman–Crippen LogP) is 2.16. The van der Waals surface area contributed by atoms with Crippen LogP contribution in [0.3, 0.4) is 0 Å². The molecule has 0 amide bonds. The SMILES string of the molecule is CCCOC([NH2+][C@H](C)c1ccc(O)c(OC)c1)OCCC. The highest BCUT2D eigenvalue weighted by molar-refractivity contribution is 5.42.